The highest BCUT2D eigenvalue weighted by atomic mass is 15.0. The van der Waals surface area contributed by atoms with E-state index >= 15 is 0 Å². The van der Waals surface area contributed by atoms with E-state index in [2.05, 4.69) is 61.8 Å². The molecule has 0 saturated heterocycles. The number of nitrogens with zero attached hydrogens (tertiary/aromatic N) is 2. The zero-order chi connectivity index (χ0) is 13.1. The minimum absolute atomic E-state index is 1.11. The number of hydrogen-bond acceptors (Lipinski definition) is 1. The van der Waals surface area contributed by atoms with E-state index in [1.165, 1.54) is 29.4 Å². The van der Waals surface area contributed by atoms with E-state index in [1.807, 2.05) is 0 Å². The Balaban J connectivity index is 2.35. The van der Waals surface area contributed by atoms with Crippen molar-refractivity contribution in [1.29, 1.82) is 0 Å². The summed E-state index contributed by atoms with van der Waals surface area (Å²) in [5.74, 6) is 0. The van der Waals surface area contributed by atoms with E-state index in [9.17, 15) is 0 Å². The van der Waals surface area contributed by atoms with Crippen LogP contribution in [0.4, 0.5) is 0 Å². The summed E-state index contributed by atoms with van der Waals surface area (Å²) in [6.07, 6.45) is 3.53. The van der Waals surface area contributed by atoms with Crippen LogP contribution in [0.2, 0.25) is 0 Å². The van der Waals surface area contributed by atoms with E-state index in [0.29, 0.717) is 0 Å². The number of benzene rings is 1. The summed E-state index contributed by atoms with van der Waals surface area (Å²) in [6, 6.07) is 8.77. The molecule has 18 heavy (non-hydrogen) atoms. The van der Waals surface area contributed by atoms with Crippen molar-refractivity contribution in [1.82, 2.24) is 9.47 Å². The molecule has 0 amide bonds. The van der Waals surface area contributed by atoms with Gasteiger partial charge in [0.15, 0.2) is 0 Å². The quantitative estimate of drug-likeness (QED) is 0.784. The maximum atomic E-state index is 2.36. The Bertz CT molecular complexity index is 523. The van der Waals surface area contributed by atoms with Crippen LogP contribution in [0, 0.1) is 0 Å². The summed E-state index contributed by atoms with van der Waals surface area (Å²) in [4.78, 5) is 2.26. The number of hydrogen-bond donors (Lipinski definition) is 0. The summed E-state index contributed by atoms with van der Waals surface area (Å²) in [5, 5.41) is 1.44. The zero-order valence-corrected chi connectivity index (χ0v) is 12.0. The van der Waals surface area contributed by atoms with Gasteiger partial charge in [0.2, 0.25) is 0 Å². The summed E-state index contributed by atoms with van der Waals surface area (Å²) < 4.78 is 2.36. The van der Waals surface area contributed by atoms with Crippen LogP contribution >= 0.6 is 0 Å². The van der Waals surface area contributed by atoms with Crippen molar-refractivity contribution in [2.75, 3.05) is 20.6 Å². The fourth-order valence-electron chi connectivity index (χ4n) is 2.83. The molecule has 0 aliphatic carbocycles. The fourth-order valence-corrected chi connectivity index (χ4v) is 2.83. The SMILES string of the molecule is CCc1c(CCCN(C)C)c2ccccc2n1C. The molecule has 0 bridgehead atoms. The average Bonchev–Trinajstić information content (AvgIpc) is 2.63. The van der Waals surface area contributed by atoms with Gasteiger partial charge in [-0.3, -0.25) is 0 Å². The number of fused-ring (bicyclic) bond motifs is 1. The molecule has 0 aliphatic heterocycles. The second-order valence-corrected chi connectivity index (χ2v) is 5.26. The van der Waals surface area contributed by atoms with Gasteiger partial charge >= 0.3 is 0 Å². The van der Waals surface area contributed by atoms with E-state index in [0.717, 1.165) is 13.0 Å². The number of aromatic nitrogens is 1. The standard InChI is InChI=1S/C16H24N2/c1-5-15-13(10-8-12-17(2)3)14-9-6-7-11-16(14)18(15)4/h6-7,9,11H,5,8,10,12H2,1-4H3. The van der Waals surface area contributed by atoms with Gasteiger partial charge in [0.25, 0.3) is 0 Å². The first-order valence-electron chi connectivity index (χ1n) is 6.85. The predicted molar refractivity (Wildman–Crippen MR) is 79.2 cm³/mol. The van der Waals surface area contributed by atoms with Crippen LogP contribution in [0.5, 0.6) is 0 Å². The molecule has 0 unspecified atom stereocenters. The lowest BCUT2D eigenvalue weighted by Crippen LogP contribution is -2.13. The molecule has 0 atom stereocenters. The molecule has 0 aliphatic rings. The van der Waals surface area contributed by atoms with Gasteiger partial charge in [-0.15, -0.1) is 0 Å². The lowest BCUT2D eigenvalue weighted by atomic mass is 10.0. The molecule has 0 fully saturated rings. The molecule has 98 valence electrons. The molecule has 1 aromatic carbocycles. The highest BCUT2D eigenvalue weighted by Gasteiger charge is 2.12. The third-order valence-electron chi connectivity index (χ3n) is 3.71. The molecular weight excluding hydrogens is 220 g/mol. The number of rotatable bonds is 5. The molecule has 0 spiro atoms. The minimum Gasteiger partial charge on any atom is -0.347 e. The molecule has 0 N–H and O–H groups in total. The summed E-state index contributed by atoms with van der Waals surface area (Å²) in [6.45, 7) is 3.41. The molecule has 1 aromatic heterocycles. The van der Waals surface area contributed by atoms with Crippen molar-refractivity contribution in [3.05, 3.63) is 35.5 Å². The van der Waals surface area contributed by atoms with E-state index in [4.69, 9.17) is 0 Å². The monoisotopic (exact) mass is 244 g/mol. The second kappa shape index (κ2) is 5.57. The minimum atomic E-state index is 1.11. The number of para-hydroxylation sites is 1. The average molecular weight is 244 g/mol. The first-order valence-corrected chi connectivity index (χ1v) is 6.85. The third-order valence-corrected chi connectivity index (χ3v) is 3.71. The highest BCUT2D eigenvalue weighted by Crippen LogP contribution is 2.26. The third kappa shape index (κ3) is 2.44. The van der Waals surface area contributed by atoms with Crippen LogP contribution in [0.25, 0.3) is 10.9 Å². The van der Waals surface area contributed by atoms with Crippen LogP contribution in [0.1, 0.15) is 24.6 Å². The topological polar surface area (TPSA) is 8.17 Å². The van der Waals surface area contributed by atoms with Crippen LogP contribution in [0.15, 0.2) is 24.3 Å². The Labute approximate surface area is 110 Å². The first-order chi connectivity index (χ1) is 8.65. The van der Waals surface area contributed by atoms with Crippen molar-refractivity contribution in [3.8, 4) is 0 Å². The van der Waals surface area contributed by atoms with Crippen molar-refractivity contribution in [2.24, 2.45) is 7.05 Å². The van der Waals surface area contributed by atoms with Crippen LogP contribution in [-0.4, -0.2) is 30.1 Å². The second-order valence-electron chi connectivity index (χ2n) is 5.26. The molecular formula is C16H24N2. The largest absolute Gasteiger partial charge is 0.347 e. The van der Waals surface area contributed by atoms with Gasteiger partial charge in [-0.25, -0.2) is 0 Å². The van der Waals surface area contributed by atoms with Gasteiger partial charge in [0, 0.05) is 23.6 Å². The van der Waals surface area contributed by atoms with Crippen molar-refractivity contribution in [3.63, 3.8) is 0 Å². The van der Waals surface area contributed by atoms with Gasteiger partial charge in [-0.05, 0) is 51.5 Å². The van der Waals surface area contributed by atoms with Crippen LogP contribution < -0.4 is 0 Å². The molecule has 2 aromatic rings. The molecule has 1 heterocycles. The van der Waals surface area contributed by atoms with Gasteiger partial charge in [0.1, 0.15) is 0 Å². The van der Waals surface area contributed by atoms with E-state index in [1.54, 1.807) is 5.56 Å². The maximum Gasteiger partial charge on any atom is 0.0482 e. The smallest absolute Gasteiger partial charge is 0.0482 e. The lowest BCUT2D eigenvalue weighted by molar-refractivity contribution is 0.400. The van der Waals surface area contributed by atoms with Gasteiger partial charge in [-0.1, -0.05) is 25.1 Å². The fraction of sp³-hybridized carbons (Fsp3) is 0.500. The summed E-state index contributed by atoms with van der Waals surface area (Å²) in [5.41, 5.74) is 4.42. The Morgan fingerprint density at radius 1 is 1.17 bits per heavy atom. The zero-order valence-electron chi connectivity index (χ0n) is 12.0. The molecule has 2 rings (SSSR count). The number of aryl methyl sites for hydroxylation is 2. The maximum absolute atomic E-state index is 2.36. The van der Waals surface area contributed by atoms with E-state index < -0.39 is 0 Å². The first kappa shape index (κ1) is 13.2. The van der Waals surface area contributed by atoms with E-state index in [-0.39, 0.29) is 0 Å². The Hall–Kier alpha value is -1.28. The van der Waals surface area contributed by atoms with Crippen molar-refractivity contribution < 1.29 is 0 Å². The Kier molecular flexibility index (Phi) is 4.07. The Morgan fingerprint density at radius 2 is 1.89 bits per heavy atom. The van der Waals surface area contributed by atoms with Crippen molar-refractivity contribution in [2.45, 2.75) is 26.2 Å². The lowest BCUT2D eigenvalue weighted by Gasteiger charge is -2.10. The van der Waals surface area contributed by atoms with Crippen molar-refractivity contribution >= 4 is 10.9 Å². The van der Waals surface area contributed by atoms with Crippen LogP contribution in [0.3, 0.4) is 0 Å². The molecule has 0 saturated carbocycles. The molecule has 2 heteroatoms. The summed E-state index contributed by atoms with van der Waals surface area (Å²) >= 11 is 0. The molecule has 2 nitrogen and oxygen atoms in total. The van der Waals surface area contributed by atoms with Gasteiger partial charge in [0.05, 0.1) is 0 Å². The summed E-state index contributed by atoms with van der Waals surface area (Å²) in [7, 11) is 6.48. The van der Waals surface area contributed by atoms with Crippen LogP contribution in [-0.2, 0) is 19.9 Å². The van der Waals surface area contributed by atoms with Gasteiger partial charge < -0.3 is 9.47 Å². The highest BCUT2D eigenvalue weighted by molar-refractivity contribution is 5.85. The normalized spacial score (nSPS) is 11.6. The van der Waals surface area contributed by atoms with Gasteiger partial charge in [-0.2, -0.15) is 0 Å². The predicted octanol–water partition coefficient (Wildman–Crippen LogP) is 3.23. The molecule has 0 radical (unpaired) electrons. The Morgan fingerprint density at radius 3 is 2.56 bits per heavy atom.